The summed E-state index contributed by atoms with van der Waals surface area (Å²) in [7, 11) is 3.32. The highest BCUT2D eigenvalue weighted by Crippen LogP contribution is 2.27. The number of likely N-dealkylation sites (N-methyl/N-ethyl adjacent to an activating group) is 1. The SMILES string of the molecule is COc1ccc2c(C)cc(-c3ccc(OCCN(C)C(=O)OC(C)(C)C)nc3)nc2c1. The van der Waals surface area contributed by atoms with Crippen LogP contribution in [0.4, 0.5) is 4.79 Å². The zero-order valence-electron chi connectivity index (χ0n) is 18.9. The molecule has 0 radical (unpaired) electrons. The number of pyridine rings is 2. The standard InChI is InChI=1S/C24H29N3O4/c1-16-13-20(26-21-14-18(29-6)8-9-19(16)21)17-7-10-22(25-15-17)30-12-11-27(5)23(28)31-24(2,3)4/h7-10,13-15H,11-12H2,1-6H3. The molecule has 3 rings (SSSR count). The maximum atomic E-state index is 12.0. The Labute approximate surface area is 183 Å². The van der Waals surface area contributed by atoms with Gasteiger partial charge in [0.25, 0.3) is 0 Å². The van der Waals surface area contributed by atoms with E-state index in [4.69, 9.17) is 19.2 Å². The number of nitrogens with zero attached hydrogens (tertiary/aromatic N) is 3. The Kier molecular flexibility index (Phi) is 6.63. The molecule has 2 aromatic heterocycles. The maximum absolute atomic E-state index is 12.0. The summed E-state index contributed by atoms with van der Waals surface area (Å²) < 4.78 is 16.3. The molecule has 0 unspecified atom stereocenters. The van der Waals surface area contributed by atoms with Gasteiger partial charge in [0.05, 0.1) is 24.9 Å². The molecule has 164 valence electrons. The molecule has 0 aliphatic rings. The number of benzene rings is 1. The highest BCUT2D eigenvalue weighted by molar-refractivity contribution is 5.86. The number of carbonyl (C=O) groups excluding carboxylic acids is 1. The van der Waals surface area contributed by atoms with Gasteiger partial charge in [-0.25, -0.2) is 14.8 Å². The second kappa shape index (κ2) is 9.20. The van der Waals surface area contributed by atoms with E-state index in [1.807, 2.05) is 51.1 Å². The van der Waals surface area contributed by atoms with E-state index >= 15 is 0 Å². The summed E-state index contributed by atoms with van der Waals surface area (Å²) in [4.78, 5) is 22.6. The summed E-state index contributed by atoms with van der Waals surface area (Å²) in [6, 6.07) is 11.7. The summed E-state index contributed by atoms with van der Waals surface area (Å²) in [5.41, 5.74) is 3.21. The lowest BCUT2D eigenvalue weighted by atomic mass is 10.1. The maximum Gasteiger partial charge on any atom is 0.410 e. The molecule has 0 bridgehead atoms. The van der Waals surface area contributed by atoms with Gasteiger partial charge in [-0.15, -0.1) is 0 Å². The average molecular weight is 424 g/mol. The molecule has 7 nitrogen and oxygen atoms in total. The lowest BCUT2D eigenvalue weighted by molar-refractivity contribution is 0.0277. The van der Waals surface area contributed by atoms with Crippen LogP contribution in [0.2, 0.25) is 0 Å². The number of hydrogen-bond donors (Lipinski definition) is 0. The fourth-order valence-corrected chi connectivity index (χ4v) is 2.99. The van der Waals surface area contributed by atoms with Gasteiger partial charge in [0.1, 0.15) is 18.0 Å². The van der Waals surface area contributed by atoms with Gasteiger partial charge < -0.3 is 19.1 Å². The zero-order chi connectivity index (χ0) is 22.6. The molecule has 0 saturated heterocycles. The summed E-state index contributed by atoms with van der Waals surface area (Å²) in [5, 5.41) is 1.09. The minimum absolute atomic E-state index is 0.315. The van der Waals surface area contributed by atoms with Crippen molar-refractivity contribution < 1.29 is 19.0 Å². The average Bonchev–Trinajstić information content (AvgIpc) is 2.72. The van der Waals surface area contributed by atoms with E-state index in [0.717, 1.165) is 33.5 Å². The normalized spacial score (nSPS) is 11.3. The van der Waals surface area contributed by atoms with Crippen molar-refractivity contribution in [1.82, 2.24) is 14.9 Å². The third-order valence-electron chi connectivity index (χ3n) is 4.64. The van der Waals surface area contributed by atoms with Crippen molar-refractivity contribution >= 4 is 17.0 Å². The molecular weight excluding hydrogens is 394 g/mol. The predicted octanol–water partition coefficient (Wildman–Crippen LogP) is 4.86. The second-order valence-corrected chi connectivity index (χ2v) is 8.34. The molecule has 31 heavy (non-hydrogen) atoms. The number of aromatic nitrogens is 2. The van der Waals surface area contributed by atoms with Crippen LogP contribution in [0, 0.1) is 6.92 Å². The molecule has 0 fully saturated rings. The molecule has 0 aliphatic heterocycles. The van der Waals surface area contributed by atoms with E-state index in [-0.39, 0.29) is 6.09 Å². The van der Waals surface area contributed by atoms with Crippen LogP contribution in [0.5, 0.6) is 11.6 Å². The minimum atomic E-state index is -0.524. The van der Waals surface area contributed by atoms with Gasteiger partial charge in [-0.05, 0) is 57.5 Å². The van der Waals surface area contributed by atoms with Crippen molar-refractivity contribution in [3.05, 3.63) is 48.2 Å². The Balaban J connectivity index is 1.64. The van der Waals surface area contributed by atoms with E-state index in [2.05, 4.69) is 11.9 Å². The van der Waals surface area contributed by atoms with Crippen molar-refractivity contribution in [2.24, 2.45) is 0 Å². The largest absolute Gasteiger partial charge is 0.497 e. The summed E-state index contributed by atoms with van der Waals surface area (Å²) >= 11 is 0. The molecule has 3 aromatic rings. The number of ether oxygens (including phenoxy) is 3. The Morgan fingerprint density at radius 2 is 1.90 bits per heavy atom. The zero-order valence-corrected chi connectivity index (χ0v) is 18.9. The molecule has 1 aromatic carbocycles. The number of hydrogen-bond acceptors (Lipinski definition) is 6. The molecule has 0 atom stereocenters. The van der Waals surface area contributed by atoms with Crippen molar-refractivity contribution in [3.63, 3.8) is 0 Å². The lowest BCUT2D eigenvalue weighted by Crippen LogP contribution is -2.36. The topological polar surface area (TPSA) is 73.8 Å². The van der Waals surface area contributed by atoms with Crippen LogP contribution in [0.1, 0.15) is 26.3 Å². The first kappa shape index (κ1) is 22.3. The number of methoxy groups -OCH3 is 1. The van der Waals surface area contributed by atoms with Crippen molar-refractivity contribution in [2.45, 2.75) is 33.3 Å². The molecule has 2 heterocycles. The van der Waals surface area contributed by atoms with Crippen LogP contribution in [0.3, 0.4) is 0 Å². The van der Waals surface area contributed by atoms with Crippen LogP contribution in [0.15, 0.2) is 42.6 Å². The van der Waals surface area contributed by atoms with Crippen molar-refractivity contribution in [2.75, 3.05) is 27.3 Å². The number of aryl methyl sites for hydroxylation is 1. The fraction of sp³-hybridized carbons (Fsp3) is 0.375. The van der Waals surface area contributed by atoms with Crippen molar-refractivity contribution in [3.8, 4) is 22.9 Å². The minimum Gasteiger partial charge on any atom is -0.497 e. The molecular formula is C24H29N3O4. The van der Waals surface area contributed by atoms with Crippen LogP contribution in [-0.4, -0.2) is 53.9 Å². The van der Waals surface area contributed by atoms with E-state index in [1.54, 1.807) is 26.4 Å². The highest BCUT2D eigenvalue weighted by atomic mass is 16.6. The van der Waals surface area contributed by atoms with E-state index < -0.39 is 5.60 Å². The lowest BCUT2D eigenvalue weighted by Gasteiger charge is -2.24. The smallest absolute Gasteiger partial charge is 0.410 e. The van der Waals surface area contributed by atoms with Crippen LogP contribution in [-0.2, 0) is 4.74 Å². The monoisotopic (exact) mass is 423 g/mol. The number of carbonyl (C=O) groups is 1. The Hall–Kier alpha value is -3.35. The third kappa shape index (κ3) is 5.84. The first-order valence-electron chi connectivity index (χ1n) is 10.1. The van der Waals surface area contributed by atoms with Crippen molar-refractivity contribution in [1.29, 1.82) is 0 Å². The quantitative estimate of drug-likeness (QED) is 0.564. The molecule has 0 aliphatic carbocycles. The van der Waals surface area contributed by atoms with E-state index in [9.17, 15) is 4.79 Å². The van der Waals surface area contributed by atoms with Crippen LogP contribution in [0.25, 0.3) is 22.2 Å². The van der Waals surface area contributed by atoms with Gasteiger partial charge in [-0.2, -0.15) is 0 Å². The highest BCUT2D eigenvalue weighted by Gasteiger charge is 2.19. The predicted molar refractivity (Wildman–Crippen MR) is 121 cm³/mol. The van der Waals surface area contributed by atoms with Gasteiger partial charge in [0.2, 0.25) is 5.88 Å². The van der Waals surface area contributed by atoms with Crippen LogP contribution < -0.4 is 9.47 Å². The first-order valence-corrected chi connectivity index (χ1v) is 10.1. The number of amides is 1. The Morgan fingerprint density at radius 3 is 2.55 bits per heavy atom. The molecule has 0 saturated carbocycles. The molecule has 0 N–H and O–H groups in total. The van der Waals surface area contributed by atoms with E-state index in [0.29, 0.717) is 19.0 Å². The number of rotatable bonds is 6. The first-order chi connectivity index (χ1) is 14.7. The van der Waals surface area contributed by atoms with E-state index in [1.165, 1.54) is 4.90 Å². The molecule has 1 amide bonds. The fourth-order valence-electron chi connectivity index (χ4n) is 2.99. The van der Waals surface area contributed by atoms with Gasteiger partial charge in [0.15, 0.2) is 0 Å². The van der Waals surface area contributed by atoms with Gasteiger partial charge >= 0.3 is 6.09 Å². The Bertz CT molecular complexity index is 1060. The third-order valence-corrected chi connectivity index (χ3v) is 4.64. The molecule has 7 heteroatoms. The molecule has 0 spiro atoms. The summed E-state index contributed by atoms with van der Waals surface area (Å²) in [5.74, 6) is 1.26. The van der Waals surface area contributed by atoms with Gasteiger partial charge in [-0.1, -0.05) is 0 Å². The summed E-state index contributed by atoms with van der Waals surface area (Å²) in [6.45, 7) is 8.28. The number of fused-ring (bicyclic) bond motifs is 1. The second-order valence-electron chi connectivity index (χ2n) is 8.34. The Morgan fingerprint density at radius 1 is 1.13 bits per heavy atom. The van der Waals surface area contributed by atoms with Gasteiger partial charge in [-0.3, -0.25) is 0 Å². The van der Waals surface area contributed by atoms with Gasteiger partial charge in [0, 0.05) is 36.3 Å². The summed E-state index contributed by atoms with van der Waals surface area (Å²) in [6.07, 6.45) is 1.36. The van der Waals surface area contributed by atoms with Crippen LogP contribution >= 0.6 is 0 Å².